The Labute approximate surface area is 351 Å². The molecule has 0 bridgehead atoms. The molecule has 3 amide bonds. The zero-order valence-corrected chi connectivity index (χ0v) is 34.9. The standard InChI is InChI=1S/C43H46ClN9O5S/c1-26-27(2)59-43-40(26)41(29-4-8-33(44)9-5-29)48-35(42-50-49-28(3)53(42)43)24-37(54)45-13-19-58-21-20-57-18-12-39(56)52-16-14-51(15-17-52)36-11-7-31(25-46-36)30-6-10-34-32(22-30)23-38(55)47-34/h4-11,22,25,35H,12-21,23-24H2,1-3H3,(H,45,54)(H,47,55)/t35-/m0/s1. The number of aromatic nitrogens is 4. The van der Waals surface area contributed by atoms with E-state index in [4.69, 9.17) is 31.1 Å². The third kappa shape index (κ3) is 8.93. The highest BCUT2D eigenvalue weighted by Gasteiger charge is 2.32. The number of aryl methyl sites for hydroxylation is 2. The summed E-state index contributed by atoms with van der Waals surface area (Å²) in [6.07, 6.45) is 2.66. The lowest BCUT2D eigenvalue weighted by Gasteiger charge is -2.35. The number of carbonyl (C=O) groups excluding carboxylic acids is 3. The van der Waals surface area contributed by atoms with Crippen LogP contribution >= 0.6 is 22.9 Å². The summed E-state index contributed by atoms with van der Waals surface area (Å²) in [5.74, 6) is 2.16. The van der Waals surface area contributed by atoms with Crippen molar-refractivity contribution < 1.29 is 23.9 Å². The van der Waals surface area contributed by atoms with E-state index in [9.17, 15) is 14.4 Å². The molecule has 2 N–H and O–H groups in total. The Bertz CT molecular complexity index is 2390. The van der Waals surface area contributed by atoms with Crippen molar-refractivity contribution in [1.82, 2.24) is 30.0 Å². The number of nitrogens with one attached hydrogen (secondary N) is 2. The van der Waals surface area contributed by atoms with E-state index < -0.39 is 6.04 Å². The van der Waals surface area contributed by atoms with Crippen molar-refractivity contribution in [2.75, 3.05) is 69.4 Å². The predicted molar refractivity (Wildman–Crippen MR) is 228 cm³/mol. The fraction of sp³-hybridized carbons (Fsp3) is 0.372. The maximum atomic E-state index is 13.2. The molecule has 306 valence electrons. The van der Waals surface area contributed by atoms with Crippen LogP contribution in [0.1, 0.15) is 57.7 Å². The Kier molecular flexibility index (Phi) is 12.2. The van der Waals surface area contributed by atoms with Gasteiger partial charge in [0.05, 0.1) is 51.4 Å². The molecular formula is C43H46ClN9O5S. The van der Waals surface area contributed by atoms with Gasteiger partial charge in [0.2, 0.25) is 17.7 Å². The SMILES string of the molecule is Cc1sc2c(c1C)C(c1ccc(Cl)cc1)=N[C@@H](CC(=O)NCCOCCOCCC(=O)N1CCN(c3ccc(-c4ccc5c(c4)CC(=O)N5)cn3)CC1)c1nnc(C)n1-2. The summed E-state index contributed by atoms with van der Waals surface area (Å²) in [4.78, 5) is 52.9. The number of fused-ring (bicyclic) bond motifs is 4. The molecule has 0 saturated carbocycles. The van der Waals surface area contributed by atoms with Crippen molar-refractivity contribution in [3.63, 3.8) is 0 Å². The van der Waals surface area contributed by atoms with Gasteiger partial charge >= 0.3 is 0 Å². The van der Waals surface area contributed by atoms with Crippen molar-refractivity contribution >= 4 is 57.9 Å². The van der Waals surface area contributed by atoms with Gasteiger partial charge in [0, 0.05) is 71.2 Å². The lowest BCUT2D eigenvalue weighted by Crippen LogP contribution is -2.49. The maximum absolute atomic E-state index is 13.2. The Morgan fingerprint density at radius 2 is 1.66 bits per heavy atom. The van der Waals surface area contributed by atoms with Crippen molar-refractivity contribution in [2.24, 2.45) is 4.99 Å². The lowest BCUT2D eigenvalue weighted by atomic mass is 9.99. The Balaban J connectivity index is 0.733. The van der Waals surface area contributed by atoms with Crippen LogP contribution in [0.4, 0.5) is 11.5 Å². The summed E-state index contributed by atoms with van der Waals surface area (Å²) in [5, 5.41) is 16.3. The van der Waals surface area contributed by atoms with Crippen LogP contribution < -0.4 is 15.5 Å². The number of rotatable bonds is 14. The second-order valence-electron chi connectivity index (χ2n) is 14.8. The highest BCUT2D eigenvalue weighted by atomic mass is 35.5. The monoisotopic (exact) mass is 835 g/mol. The molecule has 1 atom stereocenters. The van der Waals surface area contributed by atoms with Crippen LogP contribution in [0.5, 0.6) is 0 Å². The third-order valence-corrected chi connectivity index (χ3v) is 12.3. The number of hydrogen-bond donors (Lipinski definition) is 2. The first-order valence-corrected chi connectivity index (χ1v) is 21.0. The van der Waals surface area contributed by atoms with Gasteiger partial charge in [-0.25, -0.2) is 4.98 Å². The van der Waals surface area contributed by atoms with Gasteiger partial charge in [-0.3, -0.25) is 23.9 Å². The average Bonchev–Trinajstić information content (AvgIpc) is 3.88. The van der Waals surface area contributed by atoms with Crippen LogP contribution in [0.25, 0.3) is 16.1 Å². The van der Waals surface area contributed by atoms with E-state index in [1.165, 1.54) is 4.88 Å². The van der Waals surface area contributed by atoms with E-state index in [-0.39, 0.29) is 24.1 Å². The molecule has 16 heteroatoms. The summed E-state index contributed by atoms with van der Waals surface area (Å²) in [6, 6.07) is 17.1. The Morgan fingerprint density at radius 1 is 0.915 bits per heavy atom. The first-order chi connectivity index (χ1) is 28.6. The normalized spacial score (nSPS) is 15.9. The maximum Gasteiger partial charge on any atom is 0.228 e. The van der Waals surface area contributed by atoms with Gasteiger partial charge in [0.1, 0.15) is 22.7 Å². The number of hydrogen-bond acceptors (Lipinski definition) is 11. The minimum absolute atomic E-state index is 0.0204. The number of halogens is 1. The molecule has 0 spiro atoms. The highest BCUT2D eigenvalue weighted by molar-refractivity contribution is 7.15. The fourth-order valence-corrected chi connectivity index (χ4v) is 8.96. The number of amides is 3. The van der Waals surface area contributed by atoms with Crippen molar-refractivity contribution in [3.8, 4) is 16.1 Å². The van der Waals surface area contributed by atoms with E-state index in [0.29, 0.717) is 82.8 Å². The van der Waals surface area contributed by atoms with E-state index >= 15 is 0 Å². The van der Waals surface area contributed by atoms with Crippen LogP contribution in [-0.4, -0.2) is 107 Å². The molecule has 1 fully saturated rings. The summed E-state index contributed by atoms with van der Waals surface area (Å²) >= 11 is 7.89. The summed E-state index contributed by atoms with van der Waals surface area (Å²) < 4.78 is 13.4. The van der Waals surface area contributed by atoms with Gasteiger partial charge in [0.25, 0.3) is 0 Å². The number of benzene rings is 2. The van der Waals surface area contributed by atoms with Crippen LogP contribution in [-0.2, 0) is 30.3 Å². The summed E-state index contributed by atoms with van der Waals surface area (Å²) in [5.41, 5.74) is 7.77. The fourth-order valence-electron chi connectivity index (χ4n) is 7.62. The highest BCUT2D eigenvalue weighted by Crippen LogP contribution is 2.39. The molecule has 0 unspecified atom stereocenters. The number of ether oxygens (including phenoxy) is 2. The van der Waals surface area contributed by atoms with Crippen molar-refractivity contribution in [1.29, 1.82) is 0 Å². The van der Waals surface area contributed by atoms with Crippen LogP contribution in [0.3, 0.4) is 0 Å². The molecule has 8 rings (SSSR count). The van der Waals surface area contributed by atoms with E-state index in [1.54, 1.807) is 11.3 Å². The first kappa shape index (κ1) is 40.3. The van der Waals surface area contributed by atoms with E-state index in [1.807, 2.05) is 77.2 Å². The van der Waals surface area contributed by atoms with Gasteiger partial charge in [-0.05, 0) is 73.9 Å². The summed E-state index contributed by atoms with van der Waals surface area (Å²) in [7, 11) is 0. The first-order valence-electron chi connectivity index (χ1n) is 19.8. The van der Waals surface area contributed by atoms with Crippen LogP contribution in [0.15, 0.2) is 65.8 Å². The molecule has 1 saturated heterocycles. The number of nitrogens with zero attached hydrogens (tertiary/aromatic N) is 7. The van der Waals surface area contributed by atoms with Gasteiger partial charge in [0.15, 0.2) is 5.82 Å². The molecule has 0 radical (unpaired) electrons. The zero-order valence-electron chi connectivity index (χ0n) is 33.3. The molecule has 59 heavy (non-hydrogen) atoms. The smallest absolute Gasteiger partial charge is 0.228 e. The second kappa shape index (κ2) is 17.8. The molecule has 3 aliphatic heterocycles. The lowest BCUT2D eigenvalue weighted by molar-refractivity contribution is -0.132. The average molecular weight is 836 g/mol. The third-order valence-electron chi connectivity index (χ3n) is 10.9. The van der Waals surface area contributed by atoms with E-state index in [0.717, 1.165) is 61.4 Å². The quantitative estimate of drug-likeness (QED) is 0.135. The zero-order chi connectivity index (χ0) is 41.0. The summed E-state index contributed by atoms with van der Waals surface area (Å²) in [6.45, 7) is 10.4. The Morgan fingerprint density at radius 3 is 2.42 bits per heavy atom. The van der Waals surface area contributed by atoms with Crippen LogP contribution in [0, 0.1) is 20.8 Å². The molecule has 2 aromatic carbocycles. The number of carbonyl (C=O) groups is 3. The molecule has 3 aromatic heterocycles. The Hall–Kier alpha value is -5.48. The van der Waals surface area contributed by atoms with Gasteiger partial charge in [-0.15, -0.1) is 21.5 Å². The van der Waals surface area contributed by atoms with Crippen molar-refractivity contribution in [3.05, 3.63) is 105 Å². The number of aliphatic imine (C=N–C) groups is 1. The predicted octanol–water partition coefficient (Wildman–Crippen LogP) is 5.63. The second-order valence-corrected chi connectivity index (χ2v) is 16.4. The number of piperazine rings is 1. The molecular weight excluding hydrogens is 790 g/mol. The van der Waals surface area contributed by atoms with Gasteiger partial charge in [-0.2, -0.15) is 0 Å². The molecule has 3 aliphatic rings. The molecule has 0 aliphatic carbocycles. The van der Waals surface area contributed by atoms with Crippen LogP contribution in [0.2, 0.25) is 5.02 Å². The molecule has 5 aromatic rings. The minimum Gasteiger partial charge on any atom is -0.379 e. The minimum atomic E-state index is -0.549. The number of anilines is 2. The van der Waals surface area contributed by atoms with E-state index in [2.05, 4.69) is 39.6 Å². The molecule has 6 heterocycles. The van der Waals surface area contributed by atoms with Crippen molar-refractivity contribution in [2.45, 2.75) is 46.1 Å². The van der Waals surface area contributed by atoms with Gasteiger partial charge < -0.3 is 29.9 Å². The number of pyridine rings is 1. The van der Waals surface area contributed by atoms with Gasteiger partial charge in [-0.1, -0.05) is 29.8 Å². The topological polar surface area (TPSA) is 156 Å². The number of thiophene rings is 1. The molecule has 14 nitrogen and oxygen atoms in total. The largest absolute Gasteiger partial charge is 0.379 e.